The average molecular weight is 828 g/mol. The summed E-state index contributed by atoms with van der Waals surface area (Å²) in [6.45, 7) is 4.22. The molecule has 0 aromatic rings. The third-order valence-electron chi connectivity index (χ3n) is 10.2. The Hall–Kier alpha value is -1.51. The number of carbonyl (C=O) groups is 2. The Morgan fingerprint density at radius 2 is 0.947 bits per heavy atom. The Balaban J connectivity index is 4.20. The first kappa shape index (κ1) is 55.5. The molecule has 0 rings (SSSR count). The third kappa shape index (κ3) is 43.9. The molecular formula is C47H90NO8P. The fraction of sp³-hybridized carbons (Fsp3) is 0.872. The lowest BCUT2D eigenvalue weighted by molar-refractivity contribution is -0.870. The van der Waals surface area contributed by atoms with Gasteiger partial charge < -0.3 is 27.9 Å². The van der Waals surface area contributed by atoms with Gasteiger partial charge in [0.05, 0.1) is 27.7 Å². The van der Waals surface area contributed by atoms with Gasteiger partial charge in [0.15, 0.2) is 6.10 Å². The Morgan fingerprint density at radius 1 is 0.544 bits per heavy atom. The predicted octanol–water partition coefficient (Wildman–Crippen LogP) is 12.9. The van der Waals surface area contributed by atoms with E-state index in [-0.39, 0.29) is 32.0 Å². The minimum Gasteiger partial charge on any atom is -0.756 e. The number of rotatable bonds is 43. The fourth-order valence-electron chi connectivity index (χ4n) is 6.51. The molecule has 0 saturated carbocycles. The Bertz CT molecular complexity index is 1030. The van der Waals surface area contributed by atoms with Gasteiger partial charge in [-0.2, -0.15) is 0 Å². The van der Waals surface area contributed by atoms with Crippen molar-refractivity contribution in [2.24, 2.45) is 0 Å². The third-order valence-corrected chi connectivity index (χ3v) is 11.2. The number of likely N-dealkylation sites (N-methyl/N-ethyl adjacent to an activating group) is 1. The van der Waals surface area contributed by atoms with Gasteiger partial charge in [-0.25, -0.2) is 0 Å². The van der Waals surface area contributed by atoms with Gasteiger partial charge in [-0.3, -0.25) is 14.2 Å². The van der Waals surface area contributed by atoms with E-state index in [1.807, 2.05) is 21.1 Å². The number of quaternary nitrogens is 1. The van der Waals surface area contributed by atoms with Crippen LogP contribution in [0.25, 0.3) is 0 Å². The van der Waals surface area contributed by atoms with Gasteiger partial charge >= 0.3 is 11.9 Å². The van der Waals surface area contributed by atoms with Gasteiger partial charge in [0.1, 0.15) is 19.8 Å². The van der Waals surface area contributed by atoms with Crippen molar-refractivity contribution < 1.29 is 42.1 Å². The lowest BCUT2D eigenvalue weighted by Gasteiger charge is -2.28. The molecule has 0 fully saturated rings. The molecule has 0 amide bonds. The molecule has 0 aromatic carbocycles. The summed E-state index contributed by atoms with van der Waals surface area (Å²) in [5, 5.41) is 0. The molecule has 336 valence electrons. The number of esters is 2. The van der Waals surface area contributed by atoms with Crippen LogP contribution in [0.4, 0.5) is 0 Å². The van der Waals surface area contributed by atoms with Crippen LogP contribution in [0.1, 0.15) is 213 Å². The van der Waals surface area contributed by atoms with E-state index >= 15 is 0 Å². The minimum absolute atomic E-state index is 0.0292. The molecule has 10 heteroatoms. The highest BCUT2D eigenvalue weighted by molar-refractivity contribution is 7.45. The summed E-state index contributed by atoms with van der Waals surface area (Å²) in [6.07, 6.45) is 43.5. The molecule has 2 unspecified atom stereocenters. The topological polar surface area (TPSA) is 111 Å². The normalized spacial score (nSPS) is 13.7. The number of ether oxygens (including phenoxy) is 2. The number of hydrogen-bond acceptors (Lipinski definition) is 8. The van der Waals surface area contributed by atoms with Crippen molar-refractivity contribution in [1.29, 1.82) is 0 Å². The van der Waals surface area contributed by atoms with Crippen molar-refractivity contribution in [3.05, 3.63) is 24.3 Å². The summed E-state index contributed by atoms with van der Waals surface area (Å²) in [7, 11) is 1.17. The van der Waals surface area contributed by atoms with E-state index < -0.39 is 26.5 Å². The maximum absolute atomic E-state index is 12.7. The molecule has 0 aliphatic carbocycles. The molecule has 0 aliphatic rings. The second kappa shape index (κ2) is 39.9. The molecule has 2 atom stereocenters. The van der Waals surface area contributed by atoms with Gasteiger partial charge in [0, 0.05) is 12.8 Å². The highest BCUT2D eigenvalue weighted by Crippen LogP contribution is 2.38. The van der Waals surface area contributed by atoms with E-state index in [1.165, 1.54) is 135 Å². The largest absolute Gasteiger partial charge is 0.756 e. The van der Waals surface area contributed by atoms with Gasteiger partial charge in [-0.05, 0) is 44.9 Å². The van der Waals surface area contributed by atoms with Gasteiger partial charge in [0.25, 0.3) is 7.82 Å². The van der Waals surface area contributed by atoms with E-state index in [4.69, 9.17) is 18.5 Å². The molecule has 9 nitrogen and oxygen atoms in total. The SMILES string of the molecule is CCCCCCC/C=C\C/C=C\CCCCCCCCCCCCCC(=O)OC(COC(=O)CCCCCCCCCCCC)COP(=O)([O-])OCC[N+](C)(C)C. The van der Waals surface area contributed by atoms with Crippen LogP contribution < -0.4 is 4.89 Å². The number of phosphoric acid groups is 1. The van der Waals surface area contributed by atoms with Gasteiger partial charge in [-0.15, -0.1) is 0 Å². The standard InChI is InChI=1S/C47H90NO8P/c1-6-8-10-12-14-16-18-19-20-21-22-23-24-25-26-27-28-29-30-32-34-36-38-40-47(50)56-45(44-55-57(51,52)54-42-41-48(3,4)5)43-53-46(49)39-37-35-33-31-17-15-13-11-9-7-2/h18-19,21-22,45H,6-17,20,23-44H2,1-5H3/b19-18-,22-21-. The monoisotopic (exact) mass is 828 g/mol. The molecule has 0 radical (unpaired) electrons. The summed E-state index contributed by atoms with van der Waals surface area (Å²) in [6, 6.07) is 0. The van der Waals surface area contributed by atoms with Crippen LogP contribution >= 0.6 is 7.82 Å². The second-order valence-corrected chi connectivity index (χ2v) is 18.5. The molecule has 0 bridgehead atoms. The van der Waals surface area contributed by atoms with Crippen molar-refractivity contribution in [2.75, 3.05) is 47.5 Å². The first-order valence-electron chi connectivity index (χ1n) is 23.5. The molecule has 57 heavy (non-hydrogen) atoms. The summed E-state index contributed by atoms with van der Waals surface area (Å²) < 4.78 is 33.9. The van der Waals surface area contributed by atoms with Crippen LogP contribution in [-0.4, -0.2) is 70.0 Å². The molecule has 0 saturated heterocycles. The highest BCUT2D eigenvalue weighted by Gasteiger charge is 2.21. The Kier molecular flexibility index (Phi) is 38.9. The zero-order valence-electron chi connectivity index (χ0n) is 37.8. The van der Waals surface area contributed by atoms with E-state index in [0.717, 1.165) is 44.9 Å². The lowest BCUT2D eigenvalue weighted by Crippen LogP contribution is -2.37. The fourth-order valence-corrected chi connectivity index (χ4v) is 7.24. The van der Waals surface area contributed by atoms with E-state index in [9.17, 15) is 19.0 Å². The summed E-state index contributed by atoms with van der Waals surface area (Å²) in [4.78, 5) is 37.5. The summed E-state index contributed by atoms with van der Waals surface area (Å²) in [5.74, 6) is -0.831. The van der Waals surface area contributed by atoms with Crippen molar-refractivity contribution in [3.8, 4) is 0 Å². The number of unbranched alkanes of at least 4 members (excludes halogenated alkanes) is 25. The molecule has 0 N–H and O–H groups in total. The maximum Gasteiger partial charge on any atom is 0.306 e. The zero-order chi connectivity index (χ0) is 42.1. The number of allylic oxidation sites excluding steroid dienone is 4. The number of phosphoric ester groups is 1. The van der Waals surface area contributed by atoms with Crippen LogP contribution in [-0.2, 0) is 32.7 Å². The second-order valence-electron chi connectivity index (χ2n) is 17.1. The Labute approximate surface area is 351 Å². The van der Waals surface area contributed by atoms with Crippen LogP contribution in [0, 0.1) is 0 Å². The van der Waals surface area contributed by atoms with Crippen molar-refractivity contribution in [2.45, 2.75) is 219 Å². The lowest BCUT2D eigenvalue weighted by atomic mass is 10.0. The molecule has 0 aliphatic heterocycles. The Morgan fingerprint density at radius 3 is 1.39 bits per heavy atom. The number of hydrogen-bond donors (Lipinski definition) is 0. The summed E-state index contributed by atoms with van der Waals surface area (Å²) >= 11 is 0. The van der Waals surface area contributed by atoms with Crippen molar-refractivity contribution in [1.82, 2.24) is 0 Å². The van der Waals surface area contributed by atoms with E-state index in [0.29, 0.717) is 17.4 Å². The minimum atomic E-state index is -4.62. The van der Waals surface area contributed by atoms with Crippen LogP contribution in [0.2, 0.25) is 0 Å². The molecule has 0 spiro atoms. The first-order valence-corrected chi connectivity index (χ1v) is 25.0. The zero-order valence-corrected chi connectivity index (χ0v) is 38.7. The maximum atomic E-state index is 12.7. The van der Waals surface area contributed by atoms with Crippen LogP contribution in [0.15, 0.2) is 24.3 Å². The predicted molar refractivity (Wildman–Crippen MR) is 236 cm³/mol. The van der Waals surface area contributed by atoms with Crippen LogP contribution in [0.3, 0.4) is 0 Å². The first-order chi connectivity index (χ1) is 27.5. The molecule has 0 heterocycles. The van der Waals surface area contributed by atoms with E-state index in [2.05, 4.69) is 38.2 Å². The molecule has 0 aromatic heterocycles. The smallest absolute Gasteiger partial charge is 0.306 e. The number of carbonyl (C=O) groups excluding carboxylic acids is 2. The van der Waals surface area contributed by atoms with Gasteiger partial charge in [0.2, 0.25) is 0 Å². The molecular weight excluding hydrogens is 737 g/mol. The highest BCUT2D eigenvalue weighted by atomic mass is 31.2. The number of nitrogens with zero attached hydrogens (tertiary/aromatic N) is 1. The van der Waals surface area contributed by atoms with Gasteiger partial charge in [-0.1, -0.05) is 179 Å². The quantitative estimate of drug-likeness (QED) is 0.0196. The van der Waals surface area contributed by atoms with Crippen molar-refractivity contribution in [3.63, 3.8) is 0 Å². The summed E-state index contributed by atoms with van der Waals surface area (Å²) in [5.41, 5.74) is 0. The average Bonchev–Trinajstić information content (AvgIpc) is 3.16. The van der Waals surface area contributed by atoms with Crippen molar-refractivity contribution >= 4 is 19.8 Å². The van der Waals surface area contributed by atoms with E-state index in [1.54, 1.807) is 0 Å². The van der Waals surface area contributed by atoms with Crippen LogP contribution in [0.5, 0.6) is 0 Å².